The van der Waals surface area contributed by atoms with Gasteiger partial charge in [0.25, 0.3) is 5.88 Å². The molecule has 1 heterocycles. The number of halogens is 1. The van der Waals surface area contributed by atoms with Crippen LogP contribution in [0.4, 0.5) is 10.3 Å². The molecule has 7 heteroatoms. The molecule has 0 spiro atoms. The second-order valence-electron chi connectivity index (χ2n) is 3.68. The summed E-state index contributed by atoms with van der Waals surface area (Å²) in [6.45, 7) is 4.44. The average molecular weight is 273 g/mol. The molecule has 0 aliphatic heterocycles. The van der Waals surface area contributed by atoms with E-state index in [0.717, 1.165) is 12.6 Å². The molecule has 0 fully saturated rings. The van der Waals surface area contributed by atoms with Crippen LogP contribution in [0.2, 0.25) is 0 Å². The van der Waals surface area contributed by atoms with E-state index in [9.17, 15) is 4.39 Å². The highest BCUT2D eigenvalue weighted by Gasteiger charge is 2.07. The summed E-state index contributed by atoms with van der Waals surface area (Å²) >= 11 is 0. The van der Waals surface area contributed by atoms with Crippen LogP contribution in [0.5, 0.6) is 5.88 Å². The summed E-state index contributed by atoms with van der Waals surface area (Å²) in [4.78, 5) is 7.70. The van der Waals surface area contributed by atoms with Crippen LogP contribution in [-0.4, -0.2) is 50.1 Å². The largest absolute Gasteiger partial charge is 0.473 e. The van der Waals surface area contributed by atoms with Gasteiger partial charge < -0.3 is 19.5 Å². The summed E-state index contributed by atoms with van der Waals surface area (Å²) in [6.07, 6.45) is 1.91. The SMILES string of the molecule is CCNc1ncc(F)c(OCCOCCCOC)n1. The van der Waals surface area contributed by atoms with Gasteiger partial charge in [0, 0.05) is 26.9 Å². The highest BCUT2D eigenvalue weighted by Crippen LogP contribution is 2.14. The van der Waals surface area contributed by atoms with Crippen molar-refractivity contribution in [1.82, 2.24) is 9.97 Å². The summed E-state index contributed by atoms with van der Waals surface area (Å²) in [5.41, 5.74) is 0. The van der Waals surface area contributed by atoms with Crippen molar-refractivity contribution in [2.24, 2.45) is 0 Å². The summed E-state index contributed by atoms with van der Waals surface area (Å²) < 4.78 is 28.7. The molecule has 108 valence electrons. The Morgan fingerprint density at radius 2 is 2.11 bits per heavy atom. The lowest BCUT2D eigenvalue weighted by Crippen LogP contribution is -2.11. The van der Waals surface area contributed by atoms with E-state index in [-0.39, 0.29) is 12.5 Å². The molecule has 0 saturated heterocycles. The fraction of sp³-hybridized carbons (Fsp3) is 0.667. The van der Waals surface area contributed by atoms with Crippen molar-refractivity contribution in [2.45, 2.75) is 13.3 Å². The number of aromatic nitrogens is 2. The van der Waals surface area contributed by atoms with Gasteiger partial charge in [-0.25, -0.2) is 4.98 Å². The molecule has 0 amide bonds. The monoisotopic (exact) mass is 273 g/mol. The van der Waals surface area contributed by atoms with Crippen molar-refractivity contribution in [3.8, 4) is 5.88 Å². The number of rotatable bonds is 10. The van der Waals surface area contributed by atoms with Gasteiger partial charge in [0.1, 0.15) is 6.61 Å². The molecule has 6 nitrogen and oxygen atoms in total. The third kappa shape index (κ3) is 6.30. The van der Waals surface area contributed by atoms with E-state index in [4.69, 9.17) is 14.2 Å². The average Bonchev–Trinajstić information content (AvgIpc) is 2.41. The van der Waals surface area contributed by atoms with Crippen LogP contribution < -0.4 is 10.1 Å². The van der Waals surface area contributed by atoms with Gasteiger partial charge in [-0.2, -0.15) is 9.37 Å². The van der Waals surface area contributed by atoms with Gasteiger partial charge in [-0.1, -0.05) is 0 Å². The number of hydrogen-bond donors (Lipinski definition) is 1. The van der Waals surface area contributed by atoms with Gasteiger partial charge in [-0.05, 0) is 13.3 Å². The van der Waals surface area contributed by atoms with Crippen LogP contribution >= 0.6 is 0 Å². The number of methoxy groups -OCH3 is 1. The van der Waals surface area contributed by atoms with E-state index in [0.29, 0.717) is 32.3 Å². The molecule has 0 aliphatic rings. The van der Waals surface area contributed by atoms with Crippen molar-refractivity contribution in [3.05, 3.63) is 12.0 Å². The fourth-order valence-electron chi connectivity index (χ4n) is 1.30. The predicted octanol–water partition coefficient (Wildman–Crippen LogP) is 1.48. The van der Waals surface area contributed by atoms with Crippen LogP contribution in [-0.2, 0) is 9.47 Å². The van der Waals surface area contributed by atoms with Gasteiger partial charge >= 0.3 is 0 Å². The quantitative estimate of drug-likeness (QED) is 0.651. The Hall–Kier alpha value is -1.47. The number of nitrogens with one attached hydrogen (secondary N) is 1. The lowest BCUT2D eigenvalue weighted by Gasteiger charge is -2.08. The Balaban J connectivity index is 2.26. The molecule has 0 saturated carbocycles. The van der Waals surface area contributed by atoms with Crippen molar-refractivity contribution in [3.63, 3.8) is 0 Å². The topological polar surface area (TPSA) is 65.5 Å². The number of ether oxygens (including phenoxy) is 3. The number of hydrogen-bond acceptors (Lipinski definition) is 6. The van der Waals surface area contributed by atoms with Gasteiger partial charge in [0.2, 0.25) is 11.8 Å². The van der Waals surface area contributed by atoms with E-state index >= 15 is 0 Å². The lowest BCUT2D eigenvalue weighted by molar-refractivity contribution is 0.0784. The Morgan fingerprint density at radius 3 is 2.84 bits per heavy atom. The van der Waals surface area contributed by atoms with Crippen molar-refractivity contribution in [2.75, 3.05) is 45.4 Å². The van der Waals surface area contributed by atoms with E-state index in [2.05, 4.69) is 15.3 Å². The summed E-state index contributed by atoms with van der Waals surface area (Å²) in [7, 11) is 1.64. The Kier molecular flexibility index (Phi) is 7.76. The van der Waals surface area contributed by atoms with E-state index in [1.165, 1.54) is 0 Å². The number of anilines is 1. The zero-order valence-corrected chi connectivity index (χ0v) is 11.3. The van der Waals surface area contributed by atoms with Crippen LogP contribution in [0.15, 0.2) is 6.20 Å². The second kappa shape index (κ2) is 9.46. The Morgan fingerprint density at radius 1 is 1.26 bits per heavy atom. The van der Waals surface area contributed by atoms with Gasteiger partial charge in [0.05, 0.1) is 12.8 Å². The van der Waals surface area contributed by atoms with Gasteiger partial charge in [-0.15, -0.1) is 0 Å². The van der Waals surface area contributed by atoms with E-state index < -0.39 is 5.82 Å². The first-order valence-electron chi connectivity index (χ1n) is 6.23. The molecule has 1 N–H and O–H groups in total. The molecule has 0 unspecified atom stereocenters. The second-order valence-corrected chi connectivity index (χ2v) is 3.68. The van der Waals surface area contributed by atoms with Crippen LogP contribution in [0, 0.1) is 5.82 Å². The standard InChI is InChI=1S/C12H20FN3O3/c1-3-14-12-15-9-10(13)11(16-12)19-8-7-18-6-4-5-17-2/h9H,3-8H2,1-2H3,(H,14,15,16). The van der Waals surface area contributed by atoms with Crippen molar-refractivity contribution in [1.29, 1.82) is 0 Å². The third-order valence-corrected chi connectivity index (χ3v) is 2.15. The first kappa shape index (κ1) is 15.6. The number of nitrogens with zero attached hydrogens (tertiary/aromatic N) is 2. The summed E-state index contributed by atoms with van der Waals surface area (Å²) in [5.74, 6) is -0.299. The summed E-state index contributed by atoms with van der Waals surface area (Å²) in [5, 5.41) is 2.89. The first-order chi connectivity index (χ1) is 9.27. The maximum absolute atomic E-state index is 13.4. The van der Waals surface area contributed by atoms with E-state index in [1.54, 1.807) is 7.11 Å². The Bertz CT molecular complexity index is 366. The molecule has 1 aromatic rings. The third-order valence-electron chi connectivity index (χ3n) is 2.15. The van der Waals surface area contributed by atoms with Crippen molar-refractivity contribution >= 4 is 5.95 Å². The minimum absolute atomic E-state index is 0.0635. The highest BCUT2D eigenvalue weighted by molar-refractivity contribution is 5.27. The molecule has 1 rings (SSSR count). The zero-order chi connectivity index (χ0) is 13.9. The molecule has 0 aromatic carbocycles. The zero-order valence-electron chi connectivity index (χ0n) is 11.3. The predicted molar refractivity (Wildman–Crippen MR) is 69.0 cm³/mol. The van der Waals surface area contributed by atoms with Crippen LogP contribution in [0.3, 0.4) is 0 Å². The molecule has 0 atom stereocenters. The smallest absolute Gasteiger partial charge is 0.255 e. The molecular weight excluding hydrogens is 253 g/mol. The maximum atomic E-state index is 13.4. The lowest BCUT2D eigenvalue weighted by atomic mass is 10.5. The van der Waals surface area contributed by atoms with Crippen LogP contribution in [0.25, 0.3) is 0 Å². The van der Waals surface area contributed by atoms with E-state index in [1.807, 2.05) is 6.92 Å². The molecule has 19 heavy (non-hydrogen) atoms. The molecule has 0 aliphatic carbocycles. The van der Waals surface area contributed by atoms with Crippen molar-refractivity contribution < 1.29 is 18.6 Å². The fourth-order valence-corrected chi connectivity index (χ4v) is 1.30. The van der Waals surface area contributed by atoms with Crippen LogP contribution in [0.1, 0.15) is 13.3 Å². The maximum Gasteiger partial charge on any atom is 0.255 e. The Labute approximate surface area is 112 Å². The summed E-state index contributed by atoms with van der Waals surface area (Å²) in [6, 6.07) is 0. The molecule has 0 radical (unpaired) electrons. The highest BCUT2D eigenvalue weighted by atomic mass is 19.1. The normalized spacial score (nSPS) is 10.5. The molecule has 0 bridgehead atoms. The molecule has 1 aromatic heterocycles. The van der Waals surface area contributed by atoms with Gasteiger partial charge in [0.15, 0.2) is 0 Å². The first-order valence-corrected chi connectivity index (χ1v) is 6.23. The van der Waals surface area contributed by atoms with Gasteiger partial charge in [-0.3, -0.25) is 0 Å². The minimum Gasteiger partial charge on any atom is -0.473 e. The minimum atomic E-state index is -0.582. The molecular formula is C12H20FN3O3.